The molecule has 0 saturated carbocycles. The standard InChI is InChI=1S/2Cr.2Na.4H2O.7O/h;;;;4*1H2;;;;;;;/q;;2*+1;;;;;;;;;;2*-1. The van der Waals surface area contributed by atoms with E-state index in [4.69, 9.17) is 0 Å². The molecule has 0 bridgehead atoms. The van der Waals surface area contributed by atoms with E-state index in [1.807, 2.05) is 0 Å². The zero-order valence-corrected chi connectivity index (χ0v) is 14.2. The van der Waals surface area contributed by atoms with Gasteiger partial charge in [-0.2, -0.15) is 0 Å². The number of hydrogen-bond acceptors (Lipinski definition) is 7. The van der Waals surface area contributed by atoms with Crippen LogP contribution in [-0.4, -0.2) is 21.9 Å². The van der Waals surface area contributed by atoms with E-state index >= 15 is 0 Å². The Morgan fingerprint density at radius 2 is 0.800 bits per heavy atom. The predicted octanol–water partition coefficient (Wildman–Crippen LogP) is -12.2. The van der Waals surface area contributed by atoms with E-state index in [-0.39, 0.29) is 81.0 Å². The normalized spacial score (nSPS) is 8.13. The van der Waals surface area contributed by atoms with E-state index in [1.165, 1.54) is 0 Å². The van der Waals surface area contributed by atoms with Crippen LogP contribution in [0.5, 0.6) is 0 Å². The quantitative estimate of drug-likeness (QED) is 0.440. The van der Waals surface area contributed by atoms with Crippen LogP contribution in [-0.2, 0) is 45.3 Å². The fourth-order valence-electron chi connectivity index (χ4n) is 0.102. The third-order valence-electron chi connectivity index (χ3n) is 0.167. The molecule has 8 N–H and O–H groups in total. The van der Waals surface area contributed by atoms with Gasteiger partial charge in [0.15, 0.2) is 0 Å². The molecule has 0 heterocycles. The van der Waals surface area contributed by atoms with Crippen LogP contribution in [0.2, 0.25) is 0 Å². The van der Waals surface area contributed by atoms with Gasteiger partial charge >= 0.3 is 113 Å². The molecule has 0 aliphatic rings. The van der Waals surface area contributed by atoms with Crippen LogP contribution < -0.4 is 67.4 Å². The van der Waals surface area contributed by atoms with Crippen molar-refractivity contribution >= 4 is 0 Å². The Balaban J connectivity index is -0.0000000213. The Kier molecular flexibility index (Phi) is 46.4. The van der Waals surface area contributed by atoms with E-state index in [1.54, 1.807) is 0 Å². The topological polar surface area (TPSA) is 250 Å². The van der Waals surface area contributed by atoms with Gasteiger partial charge in [0.05, 0.1) is 0 Å². The first-order valence-electron chi connectivity index (χ1n) is 1.33. The molecule has 0 radical (unpaired) electrons. The second-order valence-electron chi connectivity index (χ2n) is 0.885. The van der Waals surface area contributed by atoms with E-state index in [9.17, 15) is 23.5 Å². The van der Waals surface area contributed by atoms with E-state index in [0.29, 0.717) is 0 Å². The summed E-state index contributed by atoms with van der Waals surface area (Å²) in [6.07, 6.45) is 0. The predicted molar refractivity (Wildman–Crippen MR) is 18.3 cm³/mol. The van der Waals surface area contributed by atoms with E-state index in [0.717, 1.165) is 0 Å². The Bertz CT molecular complexity index is 242. The minimum atomic E-state index is -6.07. The second-order valence-corrected chi connectivity index (χ2v) is 4.52. The maximum absolute atomic E-state index is 9.38. The van der Waals surface area contributed by atoms with Crippen LogP contribution in [0.4, 0.5) is 0 Å². The molecule has 15 heteroatoms. The first-order valence-corrected chi connectivity index (χ1v) is 5.50. The molecule has 11 nitrogen and oxygen atoms in total. The summed E-state index contributed by atoms with van der Waals surface area (Å²) in [4.78, 5) is 0. The number of rotatable bonds is 2. The van der Waals surface area contributed by atoms with Crippen molar-refractivity contribution in [1.29, 1.82) is 0 Å². The molecule has 15 heavy (non-hydrogen) atoms. The van der Waals surface area contributed by atoms with Crippen LogP contribution in [0.15, 0.2) is 0 Å². The van der Waals surface area contributed by atoms with Crippen LogP contribution in [0.25, 0.3) is 0 Å². The van der Waals surface area contributed by atoms with Gasteiger partial charge in [0.1, 0.15) is 0 Å². The Morgan fingerprint density at radius 1 is 0.667 bits per heavy atom. The summed E-state index contributed by atoms with van der Waals surface area (Å²) < 4.78 is 58.9. The maximum atomic E-state index is 9.38. The molecule has 0 amide bonds. The molecule has 0 rings (SSSR count). The van der Waals surface area contributed by atoms with Gasteiger partial charge in [-0.15, -0.1) is 0 Å². The van der Waals surface area contributed by atoms with E-state index in [2.05, 4.69) is 2.84 Å². The molecule has 88 valence electrons. The number of hydrogen-bond donors (Lipinski definition) is 0. The van der Waals surface area contributed by atoms with Crippen LogP contribution in [0.3, 0.4) is 0 Å². The average Bonchev–Trinajstić information content (AvgIpc) is 1.14. The summed E-state index contributed by atoms with van der Waals surface area (Å²) in [6, 6.07) is 0. The Labute approximate surface area is 133 Å². The summed E-state index contributed by atoms with van der Waals surface area (Å²) in [6.45, 7) is 0. The molecular formula is H8Cr2Na2O11. The first-order chi connectivity index (χ1) is 3.71. The van der Waals surface area contributed by atoms with Gasteiger partial charge in [-0.1, -0.05) is 0 Å². The second kappa shape index (κ2) is 16.0. The van der Waals surface area contributed by atoms with Gasteiger partial charge in [0, 0.05) is 0 Å². The van der Waals surface area contributed by atoms with Gasteiger partial charge in [-0.3, -0.25) is 0 Å². The molecule has 0 aromatic heterocycles. The Morgan fingerprint density at radius 3 is 0.800 bits per heavy atom. The molecule has 0 aromatic carbocycles. The molecule has 0 aliphatic heterocycles. The van der Waals surface area contributed by atoms with Gasteiger partial charge in [0.2, 0.25) is 0 Å². The van der Waals surface area contributed by atoms with Crippen LogP contribution in [0, 0.1) is 0 Å². The zero-order chi connectivity index (χ0) is 7.71. The van der Waals surface area contributed by atoms with Gasteiger partial charge < -0.3 is 21.9 Å². The summed E-state index contributed by atoms with van der Waals surface area (Å²) in [5.41, 5.74) is 0. The van der Waals surface area contributed by atoms with Crippen LogP contribution in [0.1, 0.15) is 0 Å². The van der Waals surface area contributed by atoms with E-state index < -0.39 is 27.2 Å². The average molecular weight is 334 g/mol. The summed E-state index contributed by atoms with van der Waals surface area (Å²) in [5.74, 6) is 0. The molecule has 0 saturated heterocycles. The van der Waals surface area contributed by atoms with Crippen molar-refractivity contribution in [3.8, 4) is 0 Å². The molecule has 0 atom stereocenters. The molecule has 0 aliphatic carbocycles. The third kappa shape index (κ3) is 49.0. The van der Waals surface area contributed by atoms with Crippen molar-refractivity contribution in [2.45, 2.75) is 0 Å². The van der Waals surface area contributed by atoms with Crippen LogP contribution >= 0.6 is 0 Å². The molecule has 0 fully saturated rings. The summed E-state index contributed by atoms with van der Waals surface area (Å²) in [5, 5.41) is 0. The van der Waals surface area contributed by atoms with Crippen molar-refractivity contribution in [3.63, 3.8) is 0 Å². The third-order valence-corrected chi connectivity index (χ3v) is 2.83. The fraction of sp³-hybridized carbons (Fsp3) is 0. The van der Waals surface area contributed by atoms with Gasteiger partial charge in [-0.05, 0) is 0 Å². The monoisotopic (exact) mass is 334 g/mol. The van der Waals surface area contributed by atoms with Crippen molar-refractivity contribution in [2.75, 3.05) is 0 Å². The molecule has 0 unspecified atom stereocenters. The van der Waals surface area contributed by atoms with Crippen molar-refractivity contribution in [1.82, 2.24) is 0 Å². The minimum absolute atomic E-state index is 0. The molecule has 0 spiro atoms. The zero-order valence-electron chi connectivity index (χ0n) is 7.67. The van der Waals surface area contributed by atoms with Crippen molar-refractivity contribution < 1.29 is 135 Å². The van der Waals surface area contributed by atoms with Crippen molar-refractivity contribution in [3.05, 3.63) is 0 Å². The Hall–Kier alpha value is 1.98. The SMILES string of the molecule is O.O.O.O.[Na+].[Na+].[O]=[Cr](=[O])([O-])[O][Cr](=[O])(=[O])[O-]. The summed E-state index contributed by atoms with van der Waals surface area (Å²) in [7, 11) is 0. The van der Waals surface area contributed by atoms with Crippen molar-refractivity contribution in [2.24, 2.45) is 0 Å². The van der Waals surface area contributed by atoms with Gasteiger partial charge in [-0.25, -0.2) is 0 Å². The first kappa shape index (κ1) is 43.5. The van der Waals surface area contributed by atoms with Gasteiger partial charge in [0.25, 0.3) is 0 Å². The molecule has 0 aromatic rings. The summed E-state index contributed by atoms with van der Waals surface area (Å²) >= 11 is -12.1. The fourth-order valence-corrected chi connectivity index (χ4v) is 1.74. The molecular weight excluding hydrogens is 326 g/mol.